The molecule has 0 aliphatic rings. The fraction of sp³-hybridized carbons (Fsp3) is 0.778. The fourth-order valence-electron chi connectivity index (χ4n) is 0.808. The molecule has 15 heavy (non-hydrogen) atoms. The molecule has 2 unspecified atom stereocenters. The lowest BCUT2D eigenvalue weighted by molar-refractivity contribution is -0.176. The molecule has 0 aliphatic carbocycles. The van der Waals surface area contributed by atoms with Crippen LogP contribution in [0.1, 0.15) is 13.8 Å². The molecule has 0 aliphatic heterocycles. The van der Waals surface area contributed by atoms with E-state index in [0.717, 1.165) is 0 Å². The second-order valence-electron chi connectivity index (χ2n) is 2.61. The summed E-state index contributed by atoms with van der Waals surface area (Å²) in [7, 11) is 1.37. The van der Waals surface area contributed by atoms with Gasteiger partial charge in [0.25, 0.3) is 6.47 Å². The molecule has 88 valence electrons. The number of hydrogen-bond donors (Lipinski definition) is 0. The molecule has 0 saturated heterocycles. The van der Waals surface area contributed by atoms with Gasteiger partial charge in [-0.05, 0) is 13.8 Å². The number of carbonyl (C=O) groups is 2. The molecule has 0 aromatic carbocycles. The molecule has 6 heteroatoms. The normalized spacial score (nSPS) is 14.1. The summed E-state index contributed by atoms with van der Waals surface area (Å²) in [5.41, 5.74) is 0. The minimum absolute atomic E-state index is 0.0235. The van der Waals surface area contributed by atoms with E-state index in [1.807, 2.05) is 0 Å². The van der Waals surface area contributed by atoms with Crippen molar-refractivity contribution >= 4 is 12.4 Å². The van der Waals surface area contributed by atoms with Gasteiger partial charge in [-0.25, -0.2) is 4.79 Å². The van der Waals surface area contributed by atoms with Crippen LogP contribution in [0.3, 0.4) is 0 Å². The van der Waals surface area contributed by atoms with Crippen molar-refractivity contribution in [1.29, 1.82) is 0 Å². The lowest BCUT2D eigenvalue weighted by atomic mass is 10.4. The highest BCUT2D eigenvalue weighted by molar-refractivity contribution is 5.74. The maximum Gasteiger partial charge on any atom is 0.337 e. The van der Waals surface area contributed by atoms with Gasteiger partial charge in [0.1, 0.15) is 0 Å². The molecule has 0 aromatic rings. The standard InChI is InChI=1S/C9H16O6/c1-4-13-9(11)8(12-3)5-14-7(2)15-6-10/h6-8H,4-5H2,1-3H3. The Bertz CT molecular complexity index is 193. The number of ether oxygens (including phenoxy) is 4. The van der Waals surface area contributed by atoms with Crippen LogP contribution in [0.4, 0.5) is 0 Å². The predicted molar refractivity (Wildman–Crippen MR) is 50.0 cm³/mol. The van der Waals surface area contributed by atoms with E-state index in [9.17, 15) is 9.59 Å². The summed E-state index contributed by atoms with van der Waals surface area (Å²) in [5.74, 6) is -0.502. The minimum Gasteiger partial charge on any atom is -0.464 e. The summed E-state index contributed by atoms with van der Waals surface area (Å²) in [6, 6.07) is 0. The summed E-state index contributed by atoms with van der Waals surface area (Å²) in [6.07, 6.45) is -1.52. The van der Waals surface area contributed by atoms with E-state index in [2.05, 4.69) is 4.74 Å². The zero-order chi connectivity index (χ0) is 11.7. The minimum atomic E-state index is -0.803. The first kappa shape index (κ1) is 13.9. The van der Waals surface area contributed by atoms with Gasteiger partial charge in [0, 0.05) is 7.11 Å². The molecule has 0 heterocycles. The van der Waals surface area contributed by atoms with Gasteiger partial charge in [0.05, 0.1) is 13.2 Å². The second kappa shape index (κ2) is 8.19. The van der Waals surface area contributed by atoms with E-state index in [0.29, 0.717) is 0 Å². The number of methoxy groups -OCH3 is 1. The van der Waals surface area contributed by atoms with Crippen LogP contribution in [0.5, 0.6) is 0 Å². The molecular formula is C9H16O6. The smallest absolute Gasteiger partial charge is 0.337 e. The van der Waals surface area contributed by atoms with Crippen LogP contribution in [-0.4, -0.2) is 45.2 Å². The topological polar surface area (TPSA) is 71.1 Å². The van der Waals surface area contributed by atoms with Gasteiger partial charge in [-0.1, -0.05) is 0 Å². The molecule has 0 radical (unpaired) electrons. The summed E-state index contributed by atoms with van der Waals surface area (Å²) in [4.78, 5) is 21.1. The molecule has 0 rings (SSSR count). The molecule has 0 N–H and O–H groups in total. The summed E-state index contributed by atoms with van der Waals surface area (Å²) >= 11 is 0. The van der Waals surface area contributed by atoms with Crippen molar-refractivity contribution in [3.8, 4) is 0 Å². The highest BCUT2D eigenvalue weighted by atomic mass is 16.7. The zero-order valence-corrected chi connectivity index (χ0v) is 9.10. The van der Waals surface area contributed by atoms with Crippen LogP contribution in [0.2, 0.25) is 0 Å². The molecule has 2 atom stereocenters. The van der Waals surface area contributed by atoms with E-state index < -0.39 is 18.4 Å². The number of esters is 1. The van der Waals surface area contributed by atoms with Gasteiger partial charge in [0.15, 0.2) is 12.4 Å². The average Bonchev–Trinajstić information content (AvgIpc) is 2.19. The van der Waals surface area contributed by atoms with E-state index in [4.69, 9.17) is 14.2 Å². The van der Waals surface area contributed by atoms with Crippen molar-refractivity contribution in [2.75, 3.05) is 20.3 Å². The first-order valence-corrected chi connectivity index (χ1v) is 4.55. The van der Waals surface area contributed by atoms with Gasteiger partial charge in [0.2, 0.25) is 0 Å². The SMILES string of the molecule is CCOC(=O)C(COC(C)OC=O)OC. The van der Waals surface area contributed by atoms with Crippen molar-refractivity contribution in [1.82, 2.24) is 0 Å². The summed E-state index contributed by atoms with van der Waals surface area (Å²) in [6.45, 7) is 3.76. The highest BCUT2D eigenvalue weighted by Gasteiger charge is 2.20. The fourth-order valence-corrected chi connectivity index (χ4v) is 0.808. The van der Waals surface area contributed by atoms with Crippen molar-refractivity contribution in [2.45, 2.75) is 26.2 Å². The third-order valence-electron chi connectivity index (χ3n) is 1.56. The third kappa shape index (κ3) is 6.03. The second-order valence-corrected chi connectivity index (χ2v) is 2.61. The van der Waals surface area contributed by atoms with E-state index in [1.54, 1.807) is 6.92 Å². The Hall–Kier alpha value is -1.14. The first-order chi connectivity index (χ1) is 7.15. The highest BCUT2D eigenvalue weighted by Crippen LogP contribution is 1.99. The van der Waals surface area contributed by atoms with Crippen LogP contribution in [0, 0.1) is 0 Å². The third-order valence-corrected chi connectivity index (χ3v) is 1.56. The molecule has 0 fully saturated rings. The molecular weight excluding hydrogens is 204 g/mol. The van der Waals surface area contributed by atoms with Crippen LogP contribution in [-0.2, 0) is 28.5 Å². The maximum atomic E-state index is 11.2. The van der Waals surface area contributed by atoms with Crippen molar-refractivity contribution in [2.24, 2.45) is 0 Å². The average molecular weight is 220 g/mol. The maximum absolute atomic E-state index is 11.2. The van der Waals surface area contributed by atoms with Gasteiger partial charge >= 0.3 is 5.97 Å². The molecule has 0 spiro atoms. The molecule has 0 bridgehead atoms. The van der Waals surface area contributed by atoms with Crippen molar-refractivity contribution in [3.63, 3.8) is 0 Å². The first-order valence-electron chi connectivity index (χ1n) is 4.55. The lowest BCUT2D eigenvalue weighted by Crippen LogP contribution is -2.32. The molecule has 0 amide bonds. The molecule has 0 aromatic heterocycles. The van der Waals surface area contributed by atoms with Gasteiger partial charge in [-0.3, -0.25) is 4.79 Å². The Morgan fingerprint density at radius 1 is 1.47 bits per heavy atom. The monoisotopic (exact) mass is 220 g/mol. The number of carbonyl (C=O) groups excluding carboxylic acids is 2. The van der Waals surface area contributed by atoms with Crippen molar-refractivity contribution < 1.29 is 28.5 Å². The Labute approximate surface area is 88.4 Å². The van der Waals surface area contributed by atoms with Crippen LogP contribution in [0.15, 0.2) is 0 Å². The Morgan fingerprint density at radius 3 is 2.60 bits per heavy atom. The molecule has 0 saturated carbocycles. The van der Waals surface area contributed by atoms with E-state index in [1.165, 1.54) is 14.0 Å². The summed E-state index contributed by atoms with van der Waals surface area (Å²) < 4.78 is 19.1. The Kier molecular flexibility index (Phi) is 7.57. The quantitative estimate of drug-likeness (QED) is 0.328. The van der Waals surface area contributed by atoms with E-state index >= 15 is 0 Å². The van der Waals surface area contributed by atoms with Gasteiger partial charge in [-0.2, -0.15) is 0 Å². The zero-order valence-electron chi connectivity index (χ0n) is 9.10. The van der Waals surface area contributed by atoms with Crippen LogP contribution in [0.25, 0.3) is 0 Å². The number of rotatable bonds is 8. The largest absolute Gasteiger partial charge is 0.464 e. The van der Waals surface area contributed by atoms with Crippen molar-refractivity contribution in [3.05, 3.63) is 0 Å². The van der Waals surface area contributed by atoms with Gasteiger partial charge < -0.3 is 18.9 Å². The van der Waals surface area contributed by atoms with Crippen LogP contribution < -0.4 is 0 Å². The van der Waals surface area contributed by atoms with Gasteiger partial charge in [-0.15, -0.1) is 0 Å². The molecule has 6 nitrogen and oxygen atoms in total. The Morgan fingerprint density at radius 2 is 2.13 bits per heavy atom. The Balaban J connectivity index is 3.88. The predicted octanol–water partition coefficient (Wildman–Crippen LogP) is 0.100. The summed E-state index contributed by atoms with van der Waals surface area (Å²) in [5, 5.41) is 0. The van der Waals surface area contributed by atoms with E-state index in [-0.39, 0.29) is 19.7 Å². The lowest BCUT2D eigenvalue weighted by Gasteiger charge is -2.16. The van der Waals surface area contributed by atoms with Crippen LogP contribution >= 0.6 is 0 Å². The number of hydrogen-bond acceptors (Lipinski definition) is 6.